The summed E-state index contributed by atoms with van der Waals surface area (Å²) < 4.78 is 10.3. The highest BCUT2D eigenvalue weighted by molar-refractivity contribution is 6.00. The fourth-order valence-corrected chi connectivity index (χ4v) is 2.74. The van der Waals surface area contributed by atoms with E-state index in [9.17, 15) is 14.4 Å². The minimum Gasteiger partial charge on any atom is -0.452 e. The molecule has 2 N–H and O–H groups in total. The molecule has 0 unspecified atom stereocenters. The number of fused-ring (bicyclic) bond motifs is 1. The van der Waals surface area contributed by atoms with Crippen molar-refractivity contribution >= 4 is 28.8 Å². The van der Waals surface area contributed by atoms with E-state index < -0.39 is 24.5 Å². The quantitative estimate of drug-likeness (QED) is 0.532. The van der Waals surface area contributed by atoms with Crippen molar-refractivity contribution in [1.29, 1.82) is 0 Å². The van der Waals surface area contributed by atoms with Crippen LogP contribution in [0.25, 0.3) is 10.9 Å². The molecule has 0 bridgehead atoms. The first-order valence-electron chi connectivity index (χ1n) is 9.09. The monoisotopic (exact) mass is 387 g/mol. The van der Waals surface area contributed by atoms with Crippen LogP contribution in [0, 0.1) is 6.92 Å². The number of esters is 1. The number of para-hydroxylation sites is 1. The number of urea groups is 1. The van der Waals surface area contributed by atoms with Gasteiger partial charge in [0.15, 0.2) is 6.61 Å². The number of methoxy groups -OCH3 is 1. The average Bonchev–Trinajstić information content (AvgIpc) is 2.67. The molecule has 0 saturated carbocycles. The van der Waals surface area contributed by atoms with E-state index in [2.05, 4.69) is 15.6 Å². The van der Waals surface area contributed by atoms with Crippen LogP contribution in [0.15, 0.2) is 24.3 Å². The molecule has 28 heavy (non-hydrogen) atoms. The van der Waals surface area contributed by atoms with Crippen LogP contribution in [0.5, 0.6) is 0 Å². The van der Waals surface area contributed by atoms with E-state index in [4.69, 9.17) is 9.47 Å². The molecule has 0 fully saturated rings. The Balaban J connectivity index is 2.08. The van der Waals surface area contributed by atoms with E-state index >= 15 is 0 Å². The first-order chi connectivity index (χ1) is 13.5. The number of nitrogens with zero attached hydrogens (tertiary/aromatic N) is 1. The predicted molar refractivity (Wildman–Crippen MR) is 104 cm³/mol. The molecule has 1 aromatic carbocycles. The molecule has 8 nitrogen and oxygen atoms in total. The van der Waals surface area contributed by atoms with Gasteiger partial charge in [0.1, 0.15) is 0 Å². The van der Waals surface area contributed by atoms with Crippen molar-refractivity contribution in [2.75, 3.05) is 20.3 Å². The molecule has 0 saturated heterocycles. The zero-order valence-corrected chi connectivity index (χ0v) is 16.3. The Hall–Kier alpha value is -3.00. The normalized spacial score (nSPS) is 10.5. The number of aryl methyl sites for hydroxylation is 1. The number of amides is 3. The predicted octanol–water partition coefficient (Wildman–Crippen LogP) is 2.47. The van der Waals surface area contributed by atoms with Gasteiger partial charge in [-0.3, -0.25) is 10.1 Å². The third kappa shape index (κ3) is 5.50. The van der Waals surface area contributed by atoms with Crippen LogP contribution in [0.4, 0.5) is 4.79 Å². The van der Waals surface area contributed by atoms with Crippen LogP contribution in [-0.4, -0.2) is 43.2 Å². The van der Waals surface area contributed by atoms with Gasteiger partial charge in [0.05, 0.1) is 23.4 Å². The zero-order valence-electron chi connectivity index (χ0n) is 16.3. The number of aromatic nitrogens is 1. The van der Waals surface area contributed by atoms with Gasteiger partial charge in [-0.2, -0.15) is 0 Å². The molecule has 2 rings (SSSR count). The Bertz CT molecular complexity index is 866. The van der Waals surface area contributed by atoms with Crippen molar-refractivity contribution in [2.45, 2.75) is 33.3 Å². The molecular weight excluding hydrogens is 362 g/mol. The standard InChI is InChI=1S/C20H25N3O5/c1-4-5-10-21-20(26)23-17(24)12-28-19(25)18-13(2)14-8-6-7-9-15(14)22-16(18)11-27-3/h6-9H,4-5,10-12H2,1-3H3,(H2,21,23,24,26). The van der Waals surface area contributed by atoms with Crippen molar-refractivity contribution in [3.05, 3.63) is 41.1 Å². The van der Waals surface area contributed by atoms with Gasteiger partial charge < -0.3 is 14.8 Å². The molecule has 2 aromatic rings. The number of imide groups is 1. The zero-order chi connectivity index (χ0) is 20.5. The molecule has 0 spiro atoms. The average molecular weight is 387 g/mol. The number of benzene rings is 1. The Morgan fingerprint density at radius 1 is 1.18 bits per heavy atom. The highest BCUT2D eigenvalue weighted by Crippen LogP contribution is 2.24. The van der Waals surface area contributed by atoms with Crippen molar-refractivity contribution in [1.82, 2.24) is 15.6 Å². The molecular formula is C20H25N3O5. The van der Waals surface area contributed by atoms with Gasteiger partial charge >= 0.3 is 12.0 Å². The minimum absolute atomic E-state index is 0.127. The summed E-state index contributed by atoms with van der Waals surface area (Å²) in [5.41, 5.74) is 2.13. The van der Waals surface area contributed by atoms with Gasteiger partial charge in [-0.15, -0.1) is 0 Å². The summed E-state index contributed by atoms with van der Waals surface area (Å²) in [7, 11) is 1.51. The summed E-state index contributed by atoms with van der Waals surface area (Å²) in [5, 5.41) is 5.49. The summed E-state index contributed by atoms with van der Waals surface area (Å²) in [6.07, 6.45) is 1.74. The highest BCUT2D eigenvalue weighted by atomic mass is 16.5. The number of rotatable bonds is 8. The number of ether oxygens (including phenoxy) is 2. The maximum atomic E-state index is 12.6. The lowest BCUT2D eigenvalue weighted by molar-refractivity contribution is -0.123. The van der Waals surface area contributed by atoms with Crippen molar-refractivity contribution in [3.8, 4) is 0 Å². The number of hydrogen-bond donors (Lipinski definition) is 2. The lowest BCUT2D eigenvalue weighted by Crippen LogP contribution is -2.41. The Labute approximate surface area is 163 Å². The van der Waals surface area contributed by atoms with E-state index in [1.165, 1.54) is 7.11 Å². The van der Waals surface area contributed by atoms with Gasteiger partial charge in [0.25, 0.3) is 5.91 Å². The molecule has 0 aliphatic heterocycles. The Morgan fingerprint density at radius 3 is 2.64 bits per heavy atom. The first-order valence-corrected chi connectivity index (χ1v) is 9.09. The molecule has 0 aliphatic rings. The summed E-state index contributed by atoms with van der Waals surface area (Å²) in [4.78, 5) is 40.5. The topological polar surface area (TPSA) is 107 Å². The third-order valence-corrected chi connectivity index (χ3v) is 4.12. The Kier molecular flexibility index (Phi) is 7.88. The molecule has 1 heterocycles. The van der Waals surface area contributed by atoms with Crippen LogP contribution in [0.1, 0.15) is 41.4 Å². The smallest absolute Gasteiger partial charge is 0.340 e. The van der Waals surface area contributed by atoms with Crippen LogP contribution < -0.4 is 10.6 Å². The second-order valence-electron chi connectivity index (χ2n) is 6.24. The van der Waals surface area contributed by atoms with Gasteiger partial charge in [0.2, 0.25) is 0 Å². The fourth-order valence-electron chi connectivity index (χ4n) is 2.74. The fraction of sp³-hybridized carbons (Fsp3) is 0.400. The largest absolute Gasteiger partial charge is 0.452 e. The number of carbonyl (C=O) groups excluding carboxylic acids is 3. The van der Waals surface area contributed by atoms with Crippen molar-refractivity contribution in [3.63, 3.8) is 0 Å². The number of hydrogen-bond acceptors (Lipinski definition) is 6. The first kappa shape index (κ1) is 21.3. The van der Waals surface area contributed by atoms with Crippen molar-refractivity contribution < 1.29 is 23.9 Å². The van der Waals surface area contributed by atoms with Gasteiger partial charge in [0, 0.05) is 19.0 Å². The van der Waals surface area contributed by atoms with Crippen LogP contribution in [0.2, 0.25) is 0 Å². The number of unbranched alkanes of at least 4 members (excludes halogenated alkanes) is 1. The number of pyridine rings is 1. The van der Waals surface area contributed by atoms with E-state index in [0.717, 1.165) is 23.7 Å². The van der Waals surface area contributed by atoms with E-state index in [-0.39, 0.29) is 12.2 Å². The van der Waals surface area contributed by atoms with Gasteiger partial charge in [-0.05, 0) is 25.0 Å². The number of carbonyl (C=O) groups is 3. The van der Waals surface area contributed by atoms with E-state index in [1.807, 2.05) is 31.2 Å². The molecule has 3 amide bonds. The Morgan fingerprint density at radius 2 is 1.93 bits per heavy atom. The summed E-state index contributed by atoms with van der Waals surface area (Å²) >= 11 is 0. The van der Waals surface area contributed by atoms with Crippen LogP contribution >= 0.6 is 0 Å². The van der Waals surface area contributed by atoms with Crippen LogP contribution in [-0.2, 0) is 20.9 Å². The van der Waals surface area contributed by atoms with E-state index in [1.54, 1.807) is 6.92 Å². The molecule has 0 atom stereocenters. The third-order valence-electron chi connectivity index (χ3n) is 4.12. The second kappa shape index (κ2) is 10.4. The molecule has 1 aromatic heterocycles. The SMILES string of the molecule is CCCCNC(=O)NC(=O)COC(=O)c1c(COC)nc2ccccc2c1C. The highest BCUT2D eigenvalue weighted by Gasteiger charge is 2.21. The molecule has 0 aliphatic carbocycles. The number of nitrogens with one attached hydrogen (secondary N) is 2. The van der Waals surface area contributed by atoms with Crippen molar-refractivity contribution in [2.24, 2.45) is 0 Å². The summed E-state index contributed by atoms with van der Waals surface area (Å²) in [6.45, 7) is 3.81. The van der Waals surface area contributed by atoms with Gasteiger partial charge in [-0.25, -0.2) is 14.6 Å². The second-order valence-corrected chi connectivity index (χ2v) is 6.24. The summed E-state index contributed by atoms with van der Waals surface area (Å²) in [5.74, 6) is -1.40. The molecule has 8 heteroatoms. The van der Waals surface area contributed by atoms with Gasteiger partial charge in [-0.1, -0.05) is 31.5 Å². The maximum absolute atomic E-state index is 12.6. The maximum Gasteiger partial charge on any atom is 0.340 e. The van der Waals surface area contributed by atoms with Crippen LogP contribution in [0.3, 0.4) is 0 Å². The lowest BCUT2D eigenvalue weighted by Gasteiger charge is -2.14. The minimum atomic E-state index is -0.706. The molecule has 150 valence electrons. The van der Waals surface area contributed by atoms with E-state index in [0.29, 0.717) is 17.8 Å². The lowest BCUT2D eigenvalue weighted by atomic mass is 10.0. The molecule has 0 radical (unpaired) electrons. The summed E-state index contributed by atoms with van der Waals surface area (Å²) in [6, 6.07) is 6.81.